The summed E-state index contributed by atoms with van der Waals surface area (Å²) in [6.07, 6.45) is 0. The fourth-order valence-electron chi connectivity index (χ4n) is 1.96. The van der Waals surface area contributed by atoms with Crippen LogP contribution in [0.25, 0.3) is 0 Å². The van der Waals surface area contributed by atoms with Gasteiger partial charge < -0.3 is 0 Å². The summed E-state index contributed by atoms with van der Waals surface area (Å²) < 4.78 is 11.2. The molecular weight excluding hydrogens is 203 g/mol. The van der Waals surface area contributed by atoms with E-state index in [1.165, 1.54) is 0 Å². The molecule has 0 radical (unpaired) electrons. The van der Waals surface area contributed by atoms with Crippen molar-refractivity contribution in [3.63, 3.8) is 0 Å². The van der Waals surface area contributed by atoms with Crippen LogP contribution in [0, 0.1) is 0 Å². The van der Waals surface area contributed by atoms with Crippen LogP contribution in [-0.2, 0) is 4.57 Å². The topological polar surface area (TPSA) is 37.3 Å². The average molecular weight is 223 g/mol. The second kappa shape index (κ2) is 3.70. The van der Waals surface area contributed by atoms with E-state index in [2.05, 4.69) is 39.3 Å². The van der Waals surface area contributed by atoms with Gasteiger partial charge in [-0.25, -0.2) is 0 Å². The van der Waals surface area contributed by atoms with Gasteiger partial charge in [-0.1, -0.05) is 39.3 Å². The molecule has 0 rings (SSSR count). The first-order chi connectivity index (χ1) is 5.07. The average Bonchev–Trinajstić information content (AvgIpc) is 1.49. The van der Waals surface area contributed by atoms with E-state index < -0.39 is 24.2 Å². The van der Waals surface area contributed by atoms with Crippen molar-refractivity contribution in [2.24, 2.45) is 0 Å². The third kappa shape index (κ3) is 3.48. The van der Waals surface area contributed by atoms with Gasteiger partial charge in [0.1, 0.15) is 16.1 Å². The first kappa shape index (κ1) is 12.5. The molecule has 0 aliphatic heterocycles. The Morgan fingerprint density at radius 1 is 1.00 bits per heavy atom. The Bertz CT molecular complexity index is 167. The second-order valence-electron chi connectivity index (χ2n) is 5.44. The Labute approximate surface area is 78.3 Å². The van der Waals surface area contributed by atoms with E-state index in [0.717, 1.165) is 0 Å². The monoisotopic (exact) mass is 223 g/mol. The third-order valence-corrected chi connectivity index (χ3v) is 16.8. The van der Waals surface area contributed by atoms with Gasteiger partial charge in [-0.05, 0) is 4.57 Å². The van der Waals surface area contributed by atoms with E-state index >= 15 is 0 Å². The summed E-state index contributed by atoms with van der Waals surface area (Å²) in [5, 5.41) is 0. The van der Waals surface area contributed by atoms with Crippen LogP contribution in [0.15, 0.2) is 0 Å². The summed E-state index contributed by atoms with van der Waals surface area (Å²) in [6.45, 7) is 13.1. The fraction of sp³-hybridized carbons (Fsp3) is 1.00. The Morgan fingerprint density at radius 3 is 1.25 bits per heavy atom. The molecule has 0 spiro atoms. The van der Waals surface area contributed by atoms with Crippen molar-refractivity contribution in [2.75, 3.05) is 0 Å². The molecule has 0 aromatic carbocycles. The first-order valence-electron chi connectivity index (χ1n) is 4.22. The lowest BCUT2D eigenvalue weighted by Gasteiger charge is -2.27. The summed E-state index contributed by atoms with van der Waals surface area (Å²) in [7, 11) is -4.88. The molecule has 0 aliphatic rings. The molecule has 0 saturated heterocycles. The highest BCUT2D eigenvalue weighted by Crippen LogP contribution is 2.37. The predicted octanol–water partition coefficient (Wildman–Crippen LogP) is 2.84. The Balaban J connectivity index is 4.82. The summed E-state index contributed by atoms with van der Waals surface area (Å²) in [6, 6.07) is 0. The van der Waals surface area contributed by atoms with Gasteiger partial charge in [0.25, 0.3) is 0 Å². The van der Waals surface area contributed by atoms with Gasteiger partial charge in [0.15, 0.2) is 4.91 Å². The van der Waals surface area contributed by atoms with E-state index in [9.17, 15) is 9.46 Å². The van der Waals surface area contributed by atoms with Gasteiger partial charge in [0.2, 0.25) is 0 Å². The van der Waals surface area contributed by atoms with Crippen LogP contribution in [0.5, 0.6) is 0 Å². The molecule has 2 nitrogen and oxygen atoms in total. The molecule has 0 fully saturated rings. The SMILES string of the molecule is C[Si](C)(C)C([P+](=O)O)[Si](C)(C)C. The fourth-order valence-corrected chi connectivity index (χ4v) is 17.7. The first-order valence-corrected chi connectivity index (χ1v) is 12.7. The Morgan fingerprint density at radius 2 is 1.25 bits per heavy atom. The minimum absolute atomic E-state index is 0.125. The van der Waals surface area contributed by atoms with Gasteiger partial charge >= 0.3 is 8.03 Å². The molecule has 1 N–H and O–H groups in total. The maximum atomic E-state index is 11.2. The maximum Gasteiger partial charge on any atom is 0.500 e. The van der Waals surface area contributed by atoms with Crippen molar-refractivity contribution in [3.05, 3.63) is 0 Å². The molecule has 72 valence electrons. The number of rotatable bonds is 3. The predicted molar refractivity (Wildman–Crippen MR) is 60.3 cm³/mol. The van der Waals surface area contributed by atoms with Gasteiger partial charge in [-0.2, -0.15) is 4.89 Å². The van der Waals surface area contributed by atoms with E-state index in [4.69, 9.17) is 0 Å². The zero-order chi connectivity index (χ0) is 10.2. The molecule has 0 aliphatic carbocycles. The van der Waals surface area contributed by atoms with Crippen LogP contribution in [0.2, 0.25) is 39.3 Å². The van der Waals surface area contributed by atoms with Gasteiger partial charge in [0.05, 0.1) is 0 Å². The molecule has 0 amide bonds. The van der Waals surface area contributed by atoms with Crippen molar-refractivity contribution in [1.29, 1.82) is 0 Å². The van der Waals surface area contributed by atoms with Crippen LogP contribution in [0.3, 0.4) is 0 Å². The van der Waals surface area contributed by atoms with Gasteiger partial charge in [-0.15, -0.1) is 0 Å². The van der Waals surface area contributed by atoms with Crippen molar-refractivity contribution in [3.8, 4) is 0 Å². The van der Waals surface area contributed by atoms with Gasteiger partial charge in [-0.3, -0.25) is 0 Å². The lowest BCUT2D eigenvalue weighted by atomic mass is 11.7. The van der Waals surface area contributed by atoms with Crippen LogP contribution in [0.4, 0.5) is 0 Å². The normalized spacial score (nSPS) is 15.2. The third-order valence-electron chi connectivity index (χ3n) is 1.86. The summed E-state index contributed by atoms with van der Waals surface area (Å²) in [4.78, 5) is 9.39. The van der Waals surface area contributed by atoms with Crippen LogP contribution < -0.4 is 0 Å². The smallest absolute Gasteiger partial charge is 0.161 e. The van der Waals surface area contributed by atoms with Crippen LogP contribution in [0.1, 0.15) is 0 Å². The molecule has 5 heteroatoms. The minimum Gasteiger partial charge on any atom is -0.161 e. The van der Waals surface area contributed by atoms with Crippen molar-refractivity contribution >= 4 is 24.2 Å². The second-order valence-corrected chi connectivity index (χ2v) is 18.7. The summed E-state index contributed by atoms with van der Waals surface area (Å²) in [5.74, 6) is 0. The van der Waals surface area contributed by atoms with E-state index in [0.29, 0.717) is 0 Å². The summed E-state index contributed by atoms with van der Waals surface area (Å²) in [5.41, 5.74) is 0. The standard InChI is InChI=1S/C7H19O2PSi2/c1-11(2,3)7(10(8)9)12(4,5)6/h7H,1-6H3/p+1. The van der Waals surface area contributed by atoms with Crippen LogP contribution >= 0.6 is 8.03 Å². The zero-order valence-electron chi connectivity index (χ0n) is 8.88. The Hall–Kier alpha value is 0.494. The highest BCUT2D eigenvalue weighted by Gasteiger charge is 2.50. The van der Waals surface area contributed by atoms with E-state index in [1.807, 2.05) is 0 Å². The number of hydrogen-bond donors (Lipinski definition) is 1. The largest absolute Gasteiger partial charge is 0.500 e. The Kier molecular flexibility index (Phi) is 3.85. The zero-order valence-corrected chi connectivity index (χ0v) is 11.8. The van der Waals surface area contributed by atoms with E-state index in [-0.39, 0.29) is 4.91 Å². The lowest BCUT2D eigenvalue weighted by molar-refractivity contribution is 0.504. The highest BCUT2D eigenvalue weighted by molar-refractivity contribution is 7.49. The van der Waals surface area contributed by atoms with Gasteiger partial charge in [0, 0.05) is 0 Å². The highest BCUT2D eigenvalue weighted by atomic mass is 31.1. The molecule has 1 unspecified atom stereocenters. The van der Waals surface area contributed by atoms with Crippen molar-refractivity contribution < 1.29 is 9.46 Å². The molecule has 0 heterocycles. The molecule has 12 heavy (non-hydrogen) atoms. The summed E-state index contributed by atoms with van der Waals surface area (Å²) >= 11 is 0. The molecule has 1 atom stereocenters. The van der Waals surface area contributed by atoms with Crippen LogP contribution in [-0.4, -0.2) is 25.9 Å². The maximum absolute atomic E-state index is 11.2. The van der Waals surface area contributed by atoms with Crippen molar-refractivity contribution in [2.45, 2.75) is 44.2 Å². The molecule has 0 bridgehead atoms. The minimum atomic E-state index is -1.97. The lowest BCUT2D eigenvalue weighted by Crippen LogP contribution is -2.51. The quantitative estimate of drug-likeness (QED) is 0.590. The molecule has 0 aromatic heterocycles. The number of hydrogen-bond acceptors (Lipinski definition) is 1. The molecule has 0 aromatic rings. The molecular formula is C7H20O2PSi2+. The molecule has 0 saturated carbocycles. The van der Waals surface area contributed by atoms with Crippen molar-refractivity contribution in [1.82, 2.24) is 0 Å². The van der Waals surface area contributed by atoms with E-state index in [1.54, 1.807) is 0 Å².